The number of amides is 1. The first-order valence-electron chi connectivity index (χ1n) is 12.1. The molecule has 0 spiro atoms. The smallest absolute Gasteiger partial charge is 0.256 e. The fraction of sp³-hybridized carbons (Fsp3) is 0.407. The number of aryl methyl sites for hydroxylation is 1. The van der Waals surface area contributed by atoms with Crippen LogP contribution in [0.5, 0.6) is 0 Å². The number of nitrogens with two attached hydrogens (primary N) is 1. The maximum absolute atomic E-state index is 14.1. The van der Waals surface area contributed by atoms with Crippen LogP contribution in [0.2, 0.25) is 21.6 Å². The minimum atomic E-state index is -2.10. The van der Waals surface area contributed by atoms with Crippen molar-refractivity contribution in [3.63, 3.8) is 0 Å². The molecule has 9 heteroatoms. The van der Waals surface area contributed by atoms with Gasteiger partial charge in [0, 0.05) is 34.3 Å². The Morgan fingerprint density at radius 3 is 2.36 bits per heavy atom. The summed E-state index contributed by atoms with van der Waals surface area (Å²) in [6.45, 7) is 13.5. The Balaban J connectivity index is 1.98. The second kappa shape index (κ2) is 8.91. The van der Waals surface area contributed by atoms with Crippen LogP contribution in [0.4, 0.5) is 10.1 Å². The summed E-state index contributed by atoms with van der Waals surface area (Å²) in [6, 6.07) is 5.27. The Labute approximate surface area is 217 Å². The van der Waals surface area contributed by atoms with Crippen molar-refractivity contribution in [3.05, 3.63) is 57.5 Å². The van der Waals surface area contributed by atoms with Crippen molar-refractivity contribution in [2.24, 2.45) is 7.05 Å². The molecule has 0 bridgehead atoms. The molecule has 0 saturated heterocycles. The van der Waals surface area contributed by atoms with Gasteiger partial charge in [0.25, 0.3) is 5.91 Å². The molecule has 0 fully saturated rings. The summed E-state index contributed by atoms with van der Waals surface area (Å²) < 4.78 is 15.7. The first kappa shape index (κ1) is 26.2. The maximum atomic E-state index is 14.1. The lowest BCUT2D eigenvalue weighted by molar-refractivity contribution is 0.0479. The molecule has 2 aromatic carbocycles. The number of nitrogen functional groups attached to an aromatic ring is 1. The number of hydrogen-bond donors (Lipinski definition) is 3. The molecule has 0 radical (unpaired) electrons. The van der Waals surface area contributed by atoms with E-state index < -0.39 is 25.5 Å². The summed E-state index contributed by atoms with van der Waals surface area (Å²) >= 11 is 6.29. The molecule has 4 rings (SSSR count). The van der Waals surface area contributed by atoms with Crippen LogP contribution in [0.1, 0.15) is 68.7 Å². The van der Waals surface area contributed by atoms with Crippen LogP contribution in [0.25, 0.3) is 10.9 Å². The number of anilines is 1. The number of halogens is 2. The summed E-state index contributed by atoms with van der Waals surface area (Å²) in [5, 5.41) is 19.5. The molecule has 2 heterocycles. The van der Waals surface area contributed by atoms with E-state index in [1.165, 1.54) is 12.1 Å². The molecule has 1 aromatic heterocycles. The van der Waals surface area contributed by atoms with Gasteiger partial charge in [-0.1, -0.05) is 59.1 Å². The zero-order valence-electron chi connectivity index (χ0n) is 21.6. The van der Waals surface area contributed by atoms with E-state index in [1.54, 1.807) is 17.8 Å². The number of carbonyl (C=O) groups is 1. The summed E-state index contributed by atoms with van der Waals surface area (Å²) in [7, 11) is -0.247. The van der Waals surface area contributed by atoms with Gasteiger partial charge in [0.2, 0.25) is 0 Å². The van der Waals surface area contributed by atoms with Gasteiger partial charge in [-0.2, -0.15) is 5.10 Å². The fourth-order valence-electron chi connectivity index (χ4n) is 5.98. The average molecular weight is 527 g/mol. The number of benzene rings is 2. The summed E-state index contributed by atoms with van der Waals surface area (Å²) in [6.07, 6.45) is 0. The molecular weight excluding hydrogens is 495 g/mol. The van der Waals surface area contributed by atoms with Crippen molar-refractivity contribution in [1.82, 2.24) is 15.1 Å². The second-order valence-corrected chi connectivity index (χ2v) is 16.5. The highest BCUT2D eigenvalue weighted by Crippen LogP contribution is 2.45. The van der Waals surface area contributed by atoms with E-state index in [9.17, 15) is 14.3 Å². The number of fused-ring (bicyclic) bond motifs is 3. The highest BCUT2D eigenvalue weighted by atomic mass is 35.5. The normalized spacial score (nSPS) is 17.6. The van der Waals surface area contributed by atoms with E-state index >= 15 is 0 Å². The fourth-order valence-corrected chi connectivity index (χ4v) is 11.4. The van der Waals surface area contributed by atoms with Gasteiger partial charge in [-0.15, -0.1) is 5.54 Å². The van der Waals surface area contributed by atoms with Crippen LogP contribution in [-0.2, 0) is 12.8 Å². The topological polar surface area (TPSA) is 93.2 Å². The van der Waals surface area contributed by atoms with Gasteiger partial charge < -0.3 is 16.2 Å². The summed E-state index contributed by atoms with van der Waals surface area (Å²) in [4.78, 5) is 13.2. The number of nitrogens with one attached hydrogen (secondary N) is 1. The average Bonchev–Trinajstić information content (AvgIpc) is 3.23. The lowest BCUT2D eigenvalue weighted by Crippen LogP contribution is -2.43. The minimum absolute atomic E-state index is 0.000142. The second-order valence-electron chi connectivity index (χ2n) is 10.5. The molecule has 1 aliphatic heterocycles. The molecule has 1 atom stereocenters. The summed E-state index contributed by atoms with van der Waals surface area (Å²) in [5.41, 5.74) is 10.8. The third-order valence-electron chi connectivity index (χ3n) is 7.62. The van der Waals surface area contributed by atoms with Crippen LogP contribution in [0.15, 0.2) is 24.3 Å². The predicted molar refractivity (Wildman–Crippen MR) is 145 cm³/mol. The molecule has 3 aromatic rings. The Kier molecular flexibility index (Phi) is 6.49. The van der Waals surface area contributed by atoms with E-state index in [0.29, 0.717) is 33.2 Å². The van der Waals surface area contributed by atoms with Gasteiger partial charge in [0.15, 0.2) is 5.72 Å². The van der Waals surface area contributed by atoms with Crippen molar-refractivity contribution in [2.45, 2.75) is 63.9 Å². The zero-order chi connectivity index (χ0) is 26.7. The van der Waals surface area contributed by atoms with Crippen molar-refractivity contribution in [3.8, 4) is 11.5 Å². The highest BCUT2D eigenvalue weighted by Gasteiger charge is 2.48. The molecule has 6 nitrogen and oxygen atoms in total. The summed E-state index contributed by atoms with van der Waals surface area (Å²) in [5.74, 6) is 2.24. The van der Waals surface area contributed by atoms with Crippen molar-refractivity contribution in [2.75, 3.05) is 5.73 Å². The van der Waals surface area contributed by atoms with Gasteiger partial charge in [0.05, 0.1) is 5.56 Å². The van der Waals surface area contributed by atoms with Crippen LogP contribution >= 0.6 is 11.6 Å². The number of aromatic nitrogens is 2. The largest absolute Gasteiger partial charge is 0.398 e. The zero-order valence-corrected chi connectivity index (χ0v) is 23.4. The minimum Gasteiger partial charge on any atom is -0.398 e. The first-order chi connectivity index (χ1) is 16.8. The van der Waals surface area contributed by atoms with Crippen molar-refractivity contribution < 1.29 is 14.3 Å². The van der Waals surface area contributed by atoms with Crippen molar-refractivity contribution >= 4 is 42.2 Å². The molecule has 1 unspecified atom stereocenters. The Morgan fingerprint density at radius 1 is 1.17 bits per heavy atom. The standard InChI is InChI=1S/C27H32ClFN4O2Si/c1-14(2)36(15(3)4,16(5)6)11-10-22-18-13-21(30)24-23(25(18)32-33(22)7)26(34)31-27(24,35)19-12-17(29)8-9-20(19)28/h8-9,12-16,35H,30H2,1-7H3,(H,31,34). The lowest BCUT2D eigenvalue weighted by atomic mass is 9.91. The molecule has 36 heavy (non-hydrogen) atoms. The SMILES string of the molecule is CC(C)[Si](C#Cc1c2cc(N)c3c(c2nn1C)C(=O)NC3(O)c1cc(F)ccc1Cl)(C(C)C)C(C)C. The number of aliphatic hydroxyl groups is 1. The molecule has 1 amide bonds. The molecule has 190 valence electrons. The molecule has 0 aliphatic carbocycles. The predicted octanol–water partition coefficient (Wildman–Crippen LogP) is 5.45. The third-order valence-corrected chi connectivity index (χ3v) is 14.2. The van der Waals surface area contributed by atoms with E-state index in [1.807, 2.05) is 0 Å². The number of hydrogen-bond acceptors (Lipinski definition) is 4. The van der Waals surface area contributed by atoms with Crippen LogP contribution in [-0.4, -0.2) is 28.9 Å². The van der Waals surface area contributed by atoms with E-state index in [-0.39, 0.29) is 27.4 Å². The molecular formula is C27H32ClFN4O2Si. The number of carbonyl (C=O) groups excluding carboxylic acids is 1. The van der Waals surface area contributed by atoms with Crippen LogP contribution in [0.3, 0.4) is 0 Å². The molecule has 0 saturated carbocycles. The Morgan fingerprint density at radius 2 is 1.78 bits per heavy atom. The highest BCUT2D eigenvalue weighted by molar-refractivity contribution is 6.90. The quantitative estimate of drug-likeness (QED) is 0.239. The van der Waals surface area contributed by atoms with E-state index in [0.717, 1.165) is 6.07 Å². The number of nitrogens with zero attached hydrogens (tertiary/aromatic N) is 2. The van der Waals surface area contributed by atoms with Crippen LogP contribution in [0, 0.1) is 17.3 Å². The van der Waals surface area contributed by atoms with Gasteiger partial charge in [0.1, 0.15) is 25.1 Å². The van der Waals surface area contributed by atoms with Crippen LogP contribution < -0.4 is 11.1 Å². The van der Waals surface area contributed by atoms with Gasteiger partial charge in [-0.25, -0.2) is 4.39 Å². The van der Waals surface area contributed by atoms with E-state index in [2.05, 4.69) is 63.4 Å². The lowest BCUT2D eigenvalue weighted by Gasteiger charge is -2.38. The Hall–Kier alpha value is -2.86. The molecule has 4 N–H and O–H groups in total. The number of rotatable bonds is 4. The monoisotopic (exact) mass is 526 g/mol. The molecule has 1 aliphatic rings. The van der Waals surface area contributed by atoms with Crippen molar-refractivity contribution in [1.29, 1.82) is 0 Å². The van der Waals surface area contributed by atoms with Gasteiger partial charge >= 0.3 is 0 Å². The third kappa shape index (κ3) is 3.72. The van der Waals surface area contributed by atoms with E-state index in [4.69, 9.17) is 17.3 Å². The maximum Gasteiger partial charge on any atom is 0.256 e. The van der Waals surface area contributed by atoms with Gasteiger partial charge in [-0.3, -0.25) is 9.48 Å². The van der Waals surface area contributed by atoms with Gasteiger partial charge in [-0.05, 0) is 40.9 Å². The Bertz CT molecular complexity index is 1430. The first-order valence-corrected chi connectivity index (χ1v) is 14.7.